The summed E-state index contributed by atoms with van der Waals surface area (Å²) >= 11 is 9.05. The zero-order valence-corrected chi connectivity index (χ0v) is 9.33. The van der Waals surface area contributed by atoms with E-state index in [2.05, 4.69) is 22.5 Å². The van der Waals surface area contributed by atoms with Crippen LogP contribution in [-0.4, -0.2) is 0 Å². The molecule has 0 fully saturated rings. The fraction of sp³-hybridized carbons (Fsp3) is 0.200. The molecule has 1 aromatic carbocycles. The molecule has 0 nitrogen and oxygen atoms in total. The van der Waals surface area contributed by atoms with Gasteiger partial charge < -0.3 is 0 Å². The van der Waals surface area contributed by atoms with Crippen molar-refractivity contribution in [3.63, 3.8) is 0 Å². The molecule has 70 valence electrons. The molecule has 0 aliphatic heterocycles. The molecular weight excluding hydrogens is 254 g/mol. The minimum Gasteiger partial charge on any atom is -0.207 e. The van der Waals surface area contributed by atoms with Crippen LogP contribution in [0.5, 0.6) is 0 Å². The zero-order valence-electron chi connectivity index (χ0n) is 6.99. The normalized spacial score (nSPS) is 10.1. The molecule has 0 aromatic heterocycles. The first-order valence-corrected chi connectivity index (χ1v) is 5.04. The van der Waals surface area contributed by atoms with Crippen molar-refractivity contribution in [2.75, 3.05) is 0 Å². The van der Waals surface area contributed by atoms with Gasteiger partial charge in [-0.05, 0) is 29.5 Å². The Morgan fingerprint density at radius 3 is 2.77 bits per heavy atom. The quantitative estimate of drug-likeness (QED) is 0.762. The maximum atomic E-state index is 13.2. The van der Waals surface area contributed by atoms with Crippen LogP contribution in [0.25, 0.3) is 0 Å². The fourth-order valence-electron chi connectivity index (χ4n) is 1.03. The Balaban J connectivity index is 2.81. The SMILES string of the molecule is C=C(Br)CCc1c(F)cccc1Cl. The van der Waals surface area contributed by atoms with E-state index in [4.69, 9.17) is 11.6 Å². The van der Waals surface area contributed by atoms with Crippen LogP contribution in [0.15, 0.2) is 29.3 Å². The number of allylic oxidation sites excluding steroid dienone is 1. The van der Waals surface area contributed by atoms with Crippen molar-refractivity contribution in [2.45, 2.75) is 12.8 Å². The second kappa shape index (κ2) is 4.77. The van der Waals surface area contributed by atoms with Gasteiger partial charge in [0, 0.05) is 10.6 Å². The van der Waals surface area contributed by atoms with Gasteiger partial charge in [0.2, 0.25) is 0 Å². The monoisotopic (exact) mass is 262 g/mol. The maximum absolute atomic E-state index is 13.2. The van der Waals surface area contributed by atoms with Gasteiger partial charge in [0.1, 0.15) is 5.82 Å². The van der Waals surface area contributed by atoms with E-state index < -0.39 is 0 Å². The Kier molecular flexibility index (Phi) is 3.94. The van der Waals surface area contributed by atoms with E-state index in [0.717, 1.165) is 4.48 Å². The number of benzene rings is 1. The Morgan fingerprint density at radius 1 is 1.54 bits per heavy atom. The molecule has 0 saturated carbocycles. The highest BCUT2D eigenvalue weighted by atomic mass is 79.9. The second-order valence-electron chi connectivity index (χ2n) is 2.72. The Morgan fingerprint density at radius 2 is 2.23 bits per heavy atom. The smallest absolute Gasteiger partial charge is 0.127 e. The molecule has 3 heteroatoms. The molecule has 0 saturated heterocycles. The van der Waals surface area contributed by atoms with E-state index in [0.29, 0.717) is 23.4 Å². The minimum atomic E-state index is -0.249. The Hall–Kier alpha value is -0.340. The molecule has 1 rings (SSSR count). The molecule has 0 N–H and O–H groups in total. The molecule has 1 aromatic rings. The summed E-state index contributed by atoms with van der Waals surface area (Å²) in [5.74, 6) is -0.249. The van der Waals surface area contributed by atoms with Crippen molar-refractivity contribution in [1.82, 2.24) is 0 Å². The highest BCUT2D eigenvalue weighted by molar-refractivity contribution is 9.11. The number of rotatable bonds is 3. The van der Waals surface area contributed by atoms with Gasteiger partial charge in [-0.3, -0.25) is 0 Å². The lowest BCUT2D eigenvalue weighted by molar-refractivity contribution is 0.609. The fourth-order valence-corrected chi connectivity index (χ4v) is 1.49. The van der Waals surface area contributed by atoms with E-state index in [9.17, 15) is 4.39 Å². The molecule has 0 aliphatic carbocycles. The second-order valence-corrected chi connectivity index (χ2v) is 4.25. The predicted molar refractivity (Wildman–Crippen MR) is 57.8 cm³/mol. The topological polar surface area (TPSA) is 0 Å². The van der Waals surface area contributed by atoms with Gasteiger partial charge in [-0.2, -0.15) is 0 Å². The lowest BCUT2D eigenvalue weighted by Gasteiger charge is -2.04. The summed E-state index contributed by atoms with van der Waals surface area (Å²) in [5.41, 5.74) is 0.560. The van der Waals surface area contributed by atoms with Crippen LogP contribution in [0, 0.1) is 5.82 Å². The lowest BCUT2D eigenvalue weighted by atomic mass is 10.1. The van der Waals surface area contributed by atoms with Crippen molar-refractivity contribution in [2.24, 2.45) is 0 Å². The summed E-state index contributed by atoms with van der Waals surface area (Å²) in [7, 11) is 0. The maximum Gasteiger partial charge on any atom is 0.127 e. The van der Waals surface area contributed by atoms with Crippen molar-refractivity contribution in [1.29, 1.82) is 0 Å². The van der Waals surface area contributed by atoms with Crippen LogP contribution in [-0.2, 0) is 6.42 Å². The van der Waals surface area contributed by atoms with Gasteiger partial charge in [0.25, 0.3) is 0 Å². The Bertz CT molecular complexity index is 302. The van der Waals surface area contributed by atoms with Crippen molar-refractivity contribution < 1.29 is 4.39 Å². The summed E-state index contributed by atoms with van der Waals surface area (Å²) in [6.45, 7) is 3.68. The van der Waals surface area contributed by atoms with E-state index in [1.165, 1.54) is 6.07 Å². The first kappa shape index (κ1) is 10.7. The molecule has 0 amide bonds. The average molecular weight is 264 g/mol. The van der Waals surface area contributed by atoms with Gasteiger partial charge in [-0.15, -0.1) is 0 Å². The van der Waals surface area contributed by atoms with Gasteiger partial charge in [-0.25, -0.2) is 4.39 Å². The van der Waals surface area contributed by atoms with Crippen LogP contribution in [0.2, 0.25) is 5.02 Å². The molecule has 0 heterocycles. The summed E-state index contributed by atoms with van der Waals surface area (Å²) < 4.78 is 14.0. The molecule has 0 unspecified atom stereocenters. The largest absolute Gasteiger partial charge is 0.207 e. The average Bonchev–Trinajstić information content (AvgIpc) is 2.03. The van der Waals surface area contributed by atoms with E-state index >= 15 is 0 Å². The van der Waals surface area contributed by atoms with Gasteiger partial charge in [-0.1, -0.05) is 40.2 Å². The number of hydrogen-bond acceptors (Lipinski definition) is 0. The van der Waals surface area contributed by atoms with Crippen LogP contribution in [0.3, 0.4) is 0 Å². The third kappa shape index (κ3) is 3.12. The molecular formula is C10H9BrClF. The van der Waals surface area contributed by atoms with E-state index in [1.54, 1.807) is 12.1 Å². The molecule has 13 heavy (non-hydrogen) atoms. The third-order valence-electron chi connectivity index (χ3n) is 1.71. The highest BCUT2D eigenvalue weighted by Gasteiger charge is 2.05. The summed E-state index contributed by atoms with van der Waals surface area (Å²) in [6, 6.07) is 4.71. The molecule has 0 bridgehead atoms. The van der Waals surface area contributed by atoms with E-state index in [-0.39, 0.29) is 5.82 Å². The summed E-state index contributed by atoms with van der Waals surface area (Å²) in [6.07, 6.45) is 1.27. The molecule has 0 spiro atoms. The van der Waals surface area contributed by atoms with Gasteiger partial charge in [0.15, 0.2) is 0 Å². The third-order valence-corrected chi connectivity index (χ3v) is 2.46. The van der Waals surface area contributed by atoms with E-state index in [1.807, 2.05) is 0 Å². The highest BCUT2D eigenvalue weighted by Crippen LogP contribution is 2.22. The van der Waals surface area contributed by atoms with Crippen LogP contribution in [0.1, 0.15) is 12.0 Å². The first-order valence-electron chi connectivity index (χ1n) is 3.87. The summed E-state index contributed by atoms with van der Waals surface area (Å²) in [4.78, 5) is 0. The van der Waals surface area contributed by atoms with Crippen LogP contribution in [0.4, 0.5) is 4.39 Å². The zero-order chi connectivity index (χ0) is 9.84. The first-order chi connectivity index (χ1) is 6.11. The van der Waals surface area contributed by atoms with Crippen molar-refractivity contribution in [3.8, 4) is 0 Å². The molecule has 0 atom stereocenters. The number of hydrogen-bond donors (Lipinski definition) is 0. The standard InChI is InChI=1S/C10H9BrClF/c1-7(11)5-6-8-9(12)3-2-4-10(8)13/h2-4H,1,5-6H2. The predicted octanol–water partition coefficient (Wildman–Crippen LogP) is 4.32. The molecule has 0 aliphatic rings. The van der Waals surface area contributed by atoms with Crippen LogP contribution < -0.4 is 0 Å². The van der Waals surface area contributed by atoms with Gasteiger partial charge >= 0.3 is 0 Å². The van der Waals surface area contributed by atoms with Crippen LogP contribution >= 0.6 is 27.5 Å². The minimum absolute atomic E-state index is 0.249. The van der Waals surface area contributed by atoms with Gasteiger partial charge in [0.05, 0.1) is 0 Å². The van der Waals surface area contributed by atoms with Crippen molar-refractivity contribution in [3.05, 3.63) is 45.7 Å². The lowest BCUT2D eigenvalue weighted by Crippen LogP contribution is -1.91. The molecule has 0 radical (unpaired) electrons. The van der Waals surface area contributed by atoms with Crippen molar-refractivity contribution >= 4 is 27.5 Å². The number of halogens is 3. The Labute approximate surface area is 90.5 Å². The summed E-state index contributed by atoms with van der Waals surface area (Å²) in [5, 5.41) is 0.480.